The number of aliphatic hydroxyl groups is 1. The van der Waals surface area contributed by atoms with E-state index in [1.165, 1.54) is 11.3 Å². The maximum Gasteiger partial charge on any atom is 0.264 e. The minimum atomic E-state index is -0.379. The fourth-order valence-electron chi connectivity index (χ4n) is 2.83. The molecule has 1 aromatic heterocycles. The Morgan fingerprint density at radius 1 is 1.41 bits per heavy atom. The van der Waals surface area contributed by atoms with Gasteiger partial charge in [0.15, 0.2) is 0 Å². The molecule has 1 aliphatic heterocycles. The summed E-state index contributed by atoms with van der Waals surface area (Å²) in [5, 5.41) is 13.3. The summed E-state index contributed by atoms with van der Waals surface area (Å²) in [6, 6.07) is 1.88. The van der Waals surface area contributed by atoms with Crippen LogP contribution < -0.4 is 5.32 Å². The van der Waals surface area contributed by atoms with Gasteiger partial charge in [-0.3, -0.25) is 9.59 Å². The Kier molecular flexibility index (Phi) is 4.23. The first-order chi connectivity index (χ1) is 10.5. The molecular weight excluding hydrogens is 300 g/mol. The first kappa shape index (κ1) is 15.5. The molecule has 5 nitrogen and oxygen atoms in total. The molecule has 1 saturated carbocycles. The number of carbonyl (C=O) groups excluding carboxylic acids is 2. The number of carbonyl (C=O) groups is 2. The third-order valence-corrected chi connectivity index (χ3v) is 5.64. The smallest absolute Gasteiger partial charge is 0.264 e. The van der Waals surface area contributed by atoms with Gasteiger partial charge in [-0.25, -0.2) is 0 Å². The second kappa shape index (κ2) is 6.01. The monoisotopic (exact) mass is 322 g/mol. The van der Waals surface area contributed by atoms with Crippen LogP contribution in [-0.2, 0) is 4.79 Å². The van der Waals surface area contributed by atoms with Gasteiger partial charge in [0.2, 0.25) is 5.91 Å². The molecule has 3 rings (SSSR count). The molecule has 0 radical (unpaired) electrons. The lowest BCUT2D eigenvalue weighted by Gasteiger charge is -2.17. The summed E-state index contributed by atoms with van der Waals surface area (Å²) in [7, 11) is 0. The van der Waals surface area contributed by atoms with Gasteiger partial charge in [0.25, 0.3) is 5.91 Å². The maximum absolute atomic E-state index is 12.6. The Bertz CT molecular complexity index is 592. The highest BCUT2D eigenvalue weighted by Gasteiger charge is 2.32. The first-order valence-corrected chi connectivity index (χ1v) is 8.66. The average Bonchev–Trinajstić information content (AvgIpc) is 3.08. The molecule has 0 bridgehead atoms. The molecular formula is C16H22N2O3S. The Labute approximate surface area is 134 Å². The number of rotatable bonds is 4. The van der Waals surface area contributed by atoms with Gasteiger partial charge in [0, 0.05) is 24.9 Å². The van der Waals surface area contributed by atoms with Gasteiger partial charge in [-0.15, -0.1) is 11.3 Å². The third-order valence-electron chi connectivity index (χ3n) is 4.50. The van der Waals surface area contributed by atoms with E-state index in [2.05, 4.69) is 5.32 Å². The molecule has 1 aliphatic carbocycles. The number of likely N-dealkylation sites (tertiary alicyclic amines) is 1. The van der Waals surface area contributed by atoms with Crippen molar-refractivity contribution in [2.75, 3.05) is 18.4 Å². The molecule has 2 fully saturated rings. The lowest BCUT2D eigenvalue weighted by atomic mass is 10.0. The average molecular weight is 322 g/mol. The zero-order valence-electron chi connectivity index (χ0n) is 13.0. The van der Waals surface area contributed by atoms with E-state index in [0.717, 1.165) is 29.8 Å². The van der Waals surface area contributed by atoms with Crippen molar-refractivity contribution in [1.29, 1.82) is 0 Å². The molecule has 2 atom stereocenters. The van der Waals surface area contributed by atoms with Gasteiger partial charge in [0.1, 0.15) is 0 Å². The Hall–Kier alpha value is -1.40. The summed E-state index contributed by atoms with van der Waals surface area (Å²) in [5.74, 6) is 0.401. The molecule has 2 heterocycles. The predicted molar refractivity (Wildman–Crippen MR) is 86.1 cm³/mol. The number of nitrogens with one attached hydrogen (secondary N) is 1. The van der Waals surface area contributed by atoms with E-state index < -0.39 is 0 Å². The number of anilines is 1. The van der Waals surface area contributed by atoms with Crippen LogP contribution in [-0.4, -0.2) is 41.0 Å². The van der Waals surface area contributed by atoms with Crippen LogP contribution in [0.15, 0.2) is 6.07 Å². The third kappa shape index (κ3) is 3.17. The van der Waals surface area contributed by atoms with Crippen LogP contribution in [0.3, 0.4) is 0 Å². The summed E-state index contributed by atoms with van der Waals surface area (Å²) < 4.78 is 0. The van der Waals surface area contributed by atoms with E-state index in [4.69, 9.17) is 0 Å². The molecule has 2 unspecified atom stereocenters. The van der Waals surface area contributed by atoms with Crippen LogP contribution in [0, 0.1) is 18.8 Å². The van der Waals surface area contributed by atoms with Crippen LogP contribution >= 0.6 is 11.3 Å². The fraction of sp³-hybridized carbons (Fsp3) is 0.625. The number of hydrogen-bond donors (Lipinski definition) is 2. The Morgan fingerprint density at radius 3 is 2.73 bits per heavy atom. The zero-order chi connectivity index (χ0) is 15.9. The Balaban J connectivity index is 1.67. The van der Waals surface area contributed by atoms with Crippen LogP contribution in [0.2, 0.25) is 0 Å². The summed E-state index contributed by atoms with van der Waals surface area (Å²) in [4.78, 5) is 26.9. The molecule has 6 heteroatoms. The number of nitrogens with zero attached hydrogens (tertiary/aromatic N) is 1. The topological polar surface area (TPSA) is 69.6 Å². The van der Waals surface area contributed by atoms with Crippen molar-refractivity contribution in [1.82, 2.24) is 4.90 Å². The molecule has 2 amide bonds. The van der Waals surface area contributed by atoms with E-state index in [1.54, 1.807) is 6.92 Å². The minimum absolute atomic E-state index is 0.0116. The van der Waals surface area contributed by atoms with Gasteiger partial charge in [-0.2, -0.15) is 0 Å². The van der Waals surface area contributed by atoms with Gasteiger partial charge in [-0.1, -0.05) is 0 Å². The van der Waals surface area contributed by atoms with Crippen LogP contribution in [0.1, 0.15) is 41.4 Å². The van der Waals surface area contributed by atoms with E-state index in [-0.39, 0.29) is 29.8 Å². The summed E-state index contributed by atoms with van der Waals surface area (Å²) >= 11 is 1.35. The normalized spacial score (nSPS) is 22.7. The first-order valence-electron chi connectivity index (χ1n) is 7.84. The second-order valence-corrected chi connectivity index (χ2v) is 7.48. The van der Waals surface area contributed by atoms with Gasteiger partial charge >= 0.3 is 0 Å². The molecule has 0 aromatic carbocycles. The van der Waals surface area contributed by atoms with Crippen molar-refractivity contribution in [3.05, 3.63) is 16.5 Å². The zero-order valence-corrected chi connectivity index (χ0v) is 13.8. The molecule has 1 saturated heterocycles. The largest absolute Gasteiger partial charge is 0.393 e. The predicted octanol–water partition coefficient (Wildman–Crippen LogP) is 2.25. The molecule has 1 aromatic rings. The Morgan fingerprint density at radius 2 is 2.14 bits per heavy atom. The molecule has 120 valence electrons. The SMILES string of the molecule is Cc1cc(NC(=O)C2CC2)sc1C(=O)N1CCC(C(C)O)C1. The lowest BCUT2D eigenvalue weighted by Crippen LogP contribution is -2.30. The van der Waals surface area contributed by atoms with Gasteiger partial charge in [0.05, 0.1) is 16.0 Å². The number of aliphatic hydroxyl groups excluding tert-OH is 1. The summed E-state index contributed by atoms with van der Waals surface area (Å²) in [6.07, 6.45) is 2.40. The van der Waals surface area contributed by atoms with Gasteiger partial charge < -0.3 is 15.3 Å². The standard InChI is InChI=1S/C16H22N2O3S/c1-9-7-13(17-15(20)11-3-4-11)22-14(9)16(21)18-6-5-12(8-18)10(2)19/h7,10-12,19H,3-6,8H2,1-2H3,(H,17,20). The maximum atomic E-state index is 12.6. The number of hydrogen-bond acceptors (Lipinski definition) is 4. The summed E-state index contributed by atoms with van der Waals surface area (Å²) in [6.45, 7) is 4.98. The van der Waals surface area contributed by atoms with Crippen molar-refractivity contribution < 1.29 is 14.7 Å². The number of aryl methyl sites for hydroxylation is 1. The highest BCUT2D eigenvalue weighted by Crippen LogP contribution is 2.33. The fourth-order valence-corrected chi connectivity index (χ4v) is 3.88. The van der Waals surface area contributed by atoms with Crippen molar-refractivity contribution in [2.45, 2.75) is 39.2 Å². The van der Waals surface area contributed by atoms with Crippen LogP contribution in [0.25, 0.3) is 0 Å². The minimum Gasteiger partial charge on any atom is -0.393 e. The lowest BCUT2D eigenvalue weighted by molar-refractivity contribution is -0.117. The highest BCUT2D eigenvalue weighted by atomic mass is 32.1. The van der Waals surface area contributed by atoms with Crippen LogP contribution in [0.4, 0.5) is 5.00 Å². The summed E-state index contributed by atoms with van der Waals surface area (Å²) in [5.41, 5.74) is 0.904. The van der Waals surface area contributed by atoms with E-state index in [0.29, 0.717) is 18.0 Å². The van der Waals surface area contributed by atoms with E-state index >= 15 is 0 Å². The van der Waals surface area contributed by atoms with Crippen LogP contribution in [0.5, 0.6) is 0 Å². The van der Waals surface area contributed by atoms with E-state index in [9.17, 15) is 14.7 Å². The van der Waals surface area contributed by atoms with Crippen molar-refractivity contribution in [3.8, 4) is 0 Å². The second-order valence-electron chi connectivity index (χ2n) is 6.43. The highest BCUT2D eigenvalue weighted by molar-refractivity contribution is 7.18. The number of thiophene rings is 1. The van der Waals surface area contributed by atoms with Gasteiger partial charge in [-0.05, 0) is 44.7 Å². The molecule has 2 N–H and O–H groups in total. The van der Waals surface area contributed by atoms with Crippen molar-refractivity contribution in [3.63, 3.8) is 0 Å². The molecule has 22 heavy (non-hydrogen) atoms. The molecule has 0 spiro atoms. The quantitative estimate of drug-likeness (QED) is 0.893. The molecule has 2 aliphatic rings. The van der Waals surface area contributed by atoms with Crippen molar-refractivity contribution >= 4 is 28.2 Å². The van der Waals surface area contributed by atoms with Crippen molar-refractivity contribution in [2.24, 2.45) is 11.8 Å². The number of amides is 2. The van der Waals surface area contributed by atoms with E-state index in [1.807, 2.05) is 17.9 Å².